The van der Waals surface area contributed by atoms with Gasteiger partial charge in [0.1, 0.15) is 18.1 Å². The minimum atomic E-state index is -3.71. The molecule has 0 aliphatic heterocycles. The van der Waals surface area contributed by atoms with Crippen LogP contribution in [-0.2, 0) is 23.2 Å². The first kappa shape index (κ1) is 20.7. The highest BCUT2D eigenvalue weighted by Crippen LogP contribution is 2.24. The largest absolute Gasteiger partial charge is 0.497 e. The number of rotatable bonds is 8. The second-order valence-corrected chi connectivity index (χ2v) is 8.26. The summed E-state index contributed by atoms with van der Waals surface area (Å²) in [6.07, 6.45) is 0. The summed E-state index contributed by atoms with van der Waals surface area (Å²) in [5, 5.41) is 0. The molecule has 0 saturated heterocycles. The molecule has 0 atom stereocenters. The molecule has 0 saturated carbocycles. The zero-order valence-electron chi connectivity index (χ0n) is 16.4. The molecule has 0 aliphatic rings. The molecule has 3 rings (SSSR count). The lowest BCUT2D eigenvalue weighted by molar-refractivity contribution is 0.305. The van der Waals surface area contributed by atoms with Gasteiger partial charge in [-0.1, -0.05) is 29.8 Å². The van der Waals surface area contributed by atoms with E-state index in [2.05, 4.69) is 4.72 Å². The molecule has 152 valence electrons. The van der Waals surface area contributed by atoms with Gasteiger partial charge in [0.15, 0.2) is 0 Å². The molecule has 3 aromatic carbocycles. The topological polar surface area (TPSA) is 90.7 Å². The van der Waals surface area contributed by atoms with Crippen LogP contribution >= 0.6 is 0 Å². The van der Waals surface area contributed by atoms with Crippen molar-refractivity contribution in [1.29, 1.82) is 0 Å². The van der Waals surface area contributed by atoms with Crippen LogP contribution < -0.4 is 19.9 Å². The normalized spacial score (nSPS) is 11.1. The van der Waals surface area contributed by atoms with Gasteiger partial charge in [0.05, 0.1) is 17.7 Å². The van der Waals surface area contributed by atoms with E-state index in [1.807, 2.05) is 37.3 Å². The molecule has 0 amide bonds. The molecule has 0 heterocycles. The summed E-state index contributed by atoms with van der Waals surface area (Å²) < 4.78 is 39.0. The first-order valence-electron chi connectivity index (χ1n) is 9.09. The number of aryl methyl sites for hydroxylation is 1. The summed E-state index contributed by atoms with van der Waals surface area (Å²) >= 11 is 0. The monoisotopic (exact) mass is 412 g/mol. The first-order valence-corrected chi connectivity index (χ1v) is 10.6. The molecule has 3 aromatic rings. The molecule has 7 heteroatoms. The molecule has 0 radical (unpaired) electrons. The molecule has 0 spiro atoms. The van der Waals surface area contributed by atoms with Crippen LogP contribution in [0.15, 0.2) is 71.6 Å². The summed E-state index contributed by atoms with van der Waals surface area (Å²) in [5.41, 5.74) is 8.75. The van der Waals surface area contributed by atoms with Crippen LogP contribution in [0.2, 0.25) is 0 Å². The zero-order chi connectivity index (χ0) is 20.9. The average Bonchev–Trinajstić information content (AvgIpc) is 2.73. The Hall–Kier alpha value is -3.03. The second-order valence-electron chi connectivity index (χ2n) is 6.58. The van der Waals surface area contributed by atoms with Gasteiger partial charge in [0, 0.05) is 6.54 Å². The number of methoxy groups -OCH3 is 1. The van der Waals surface area contributed by atoms with Gasteiger partial charge in [-0.25, -0.2) is 8.42 Å². The van der Waals surface area contributed by atoms with Crippen LogP contribution in [-0.4, -0.2) is 15.5 Å². The van der Waals surface area contributed by atoms with Crippen LogP contribution in [0.1, 0.15) is 16.7 Å². The van der Waals surface area contributed by atoms with E-state index in [-0.39, 0.29) is 18.0 Å². The van der Waals surface area contributed by atoms with E-state index in [0.29, 0.717) is 17.0 Å². The highest BCUT2D eigenvalue weighted by Gasteiger charge is 2.16. The van der Waals surface area contributed by atoms with E-state index >= 15 is 0 Å². The quantitative estimate of drug-likeness (QED) is 0.587. The number of anilines is 1. The van der Waals surface area contributed by atoms with Crippen molar-refractivity contribution in [2.75, 3.05) is 11.8 Å². The number of ether oxygens (including phenoxy) is 2. The number of benzene rings is 3. The van der Waals surface area contributed by atoms with Gasteiger partial charge in [-0.2, -0.15) is 0 Å². The molecule has 29 heavy (non-hydrogen) atoms. The second kappa shape index (κ2) is 8.98. The van der Waals surface area contributed by atoms with Crippen LogP contribution in [0.5, 0.6) is 11.5 Å². The van der Waals surface area contributed by atoms with Crippen LogP contribution in [0.25, 0.3) is 0 Å². The molecule has 3 N–H and O–H groups in total. The van der Waals surface area contributed by atoms with Crippen molar-refractivity contribution >= 4 is 15.7 Å². The average molecular weight is 413 g/mol. The highest BCUT2D eigenvalue weighted by atomic mass is 32.2. The maximum atomic E-state index is 12.7. The summed E-state index contributed by atoms with van der Waals surface area (Å²) in [7, 11) is -2.11. The van der Waals surface area contributed by atoms with Crippen molar-refractivity contribution in [3.05, 3.63) is 83.4 Å². The Morgan fingerprint density at radius 3 is 2.21 bits per heavy atom. The van der Waals surface area contributed by atoms with Crippen LogP contribution in [0, 0.1) is 6.92 Å². The van der Waals surface area contributed by atoms with E-state index in [1.54, 1.807) is 43.5 Å². The first-order chi connectivity index (χ1) is 13.9. The van der Waals surface area contributed by atoms with Crippen molar-refractivity contribution in [2.45, 2.75) is 25.0 Å². The maximum Gasteiger partial charge on any atom is 0.261 e. The van der Waals surface area contributed by atoms with E-state index in [4.69, 9.17) is 15.2 Å². The van der Waals surface area contributed by atoms with Gasteiger partial charge in [0.2, 0.25) is 0 Å². The lowest BCUT2D eigenvalue weighted by Gasteiger charge is -2.14. The third-order valence-electron chi connectivity index (χ3n) is 4.43. The Bertz CT molecular complexity index is 1060. The number of sulfonamides is 1. The van der Waals surface area contributed by atoms with Gasteiger partial charge in [0.25, 0.3) is 10.0 Å². The van der Waals surface area contributed by atoms with Crippen molar-refractivity contribution in [2.24, 2.45) is 5.73 Å². The summed E-state index contributed by atoms with van der Waals surface area (Å²) in [6, 6.07) is 19.4. The highest BCUT2D eigenvalue weighted by molar-refractivity contribution is 7.92. The maximum absolute atomic E-state index is 12.7. The molecule has 0 aliphatic carbocycles. The molecule has 0 fully saturated rings. The fraction of sp³-hybridized carbons (Fsp3) is 0.182. The smallest absolute Gasteiger partial charge is 0.261 e. The Labute approximate surface area is 171 Å². The van der Waals surface area contributed by atoms with Gasteiger partial charge in [-0.3, -0.25) is 4.72 Å². The number of hydrogen-bond acceptors (Lipinski definition) is 5. The summed E-state index contributed by atoms with van der Waals surface area (Å²) in [6.45, 7) is 2.41. The van der Waals surface area contributed by atoms with Crippen LogP contribution in [0.3, 0.4) is 0 Å². The Morgan fingerprint density at radius 1 is 0.931 bits per heavy atom. The minimum absolute atomic E-state index is 0.200. The third kappa shape index (κ3) is 5.28. The van der Waals surface area contributed by atoms with Crippen molar-refractivity contribution in [1.82, 2.24) is 0 Å². The molecular formula is C22H24N2O4S. The fourth-order valence-electron chi connectivity index (χ4n) is 2.75. The molecular weight excluding hydrogens is 388 g/mol. The lowest BCUT2D eigenvalue weighted by atomic mass is 10.1. The Morgan fingerprint density at radius 2 is 1.59 bits per heavy atom. The summed E-state index contributed by atoms with van der Waals surface area (Å²) in [4.78, 5) is 0.200. The third-order valence-corrected chi connectivity index (χ3v) is 5.82. The summed E-state index contributed by atoms with van der Waals surface area (Å²) in [5.74, 6) is 1.44. The molecule has 6 nitrogen and oxygen atoms in total. The fourth-order valence-corrected chi connectivity index (χ4v) is 3.84. The van der Waals surface area contributed by atoms with Gasteiger partial charge >= 0.3 is 0 Å². The Kier molecular flexibility index (Phi) is 6.41. The van der Waals surface area contributed by atoms with E-state index in [9.17, 15) is 8.42 Å². The van der Waals surface area contributed by atoms with E-state index in [0.717, 1.165) is 16.9 Å². The number of nitrogens with two attached hydrogens (primary N) is 1. The van der Waals surface area contributed by atoms with Crippen LogP contribution in [0.4, 0.5) is 5.69 Å². The standard InChI is InChI=1S/C22H24N2O4S/c1-16-3-11-21(12-4-16)29(25,26)24-22-13-17(5-6-18(22)14-23)15-28-20-9-7-19(27-2)8-10-20/h3-13,24H,14-15,23H2,1-2H3. The molecule has 0 unspecified atom stereocenters. The van der Waals surface area contributed by atoms with Crippen molar-refractivity contribution in [3.63, 3.8) is 0 Å². The number of hydrogen-bond donors (Lipinski definition) is 2. The molecule has 0 aromatic heterocycles. The van der Waals surface area contributed by atoms with Crippen molar-refractivity contribution in [3.8, 4) is 11.5 Å². The predicted octanol–water partition coefficient (Wildman–Crippen LogP) is 3.84. The zero-order valence-corrected chi connectivity index (χ0v) is 17.2. The predicted molar refractivity (Wildman–Crippen MR) is 114 cm³/mol. The van der Waals surface area contributed by atoms with Gasteiger partial charge < -0.3 is 15.2 Å². The van der Waals surface area contributed by atoms with E-state index < -0.39 is 10.0 Å². The molecule has 0 bridgehead atoms. The SMILES string of the molecule is COc1ccc(OCc2ccc(CN)c(NS(=O)(=O)c3ccc(C)cc3)c2)cc1. The Balaban J connectivity index is 1.78. The minimum Gasteiger partial charge on any atom is -0.497 e. The van der Waals surface area contributed by atoms with E-state index in [1.165, 1.54) is 0 Å². The van der Waals surface area contributed by atoms with Gasteiger partial charge in [-0.05, 0) is 60.5 Å². The van der Waals surface area contributed by atoms with Crippen molar-refractivity contribution < 1.29 is 17.9 Å². The lowest BCUT2D eigenvalue weighted by Crippen LogP contribution is -2.15. The van der Waals surface area contributed by atoms with Gasteiger partial charge in [-0.15, -0.1) is 0 Å². The number of nitrogens with one attached hydrogen (secondary N) is 1.